The fourth-order valence-electron chi connectivity index (χ4n) is 2.30. The van der Waals surface area contributed by atoms with Crippen molar-refractivity contribution in [3.8, 4) is 11.5 Å². The van der Waals surface area contributed by atoms with Gasteiger partial charge in [-0.05, 0) is 0 Å². The van der Waals surface area contributed by atoms with Crippen LogP contribution in [0.25, 0.3) is 10.8 Å². The van der Waals surface area contributed by atoms with Gasteiger partial charge >= 0.3 is 150 Å². The molecule has 3 rings (SSSR count). The monoisotopic (exact) mass is 441 g/mol. The standard InChI is InChI=1S/C17H13ClINO3/c1-11-6-2-5-9-15(11)23-16-10-14(19-20(21)22)12-7-3-4-8-13(12)17(16)18/h2-10,20H,1H3/q-2. The molecule has 0 amide bonds. The first-order valence-electron chi connectivity index (χ1n) is 6.87. The Balaban J connectivity index is 2.13. The fourth-order valence-corrected chi connectivity index (χ4v) is 4.23. The summed E-state index contributed by atoms with van der Waals surface area (Å²) in [5, 5.41) is 24.3. The van der Waals surface area contributed by atoms with Crippen molar-refractivity contribution >= 4 is 22.4 Å². The van der Waals surface area contributed by atoms with E-state index in [4.69, 9.17) is 16.3 Å². The maximum atomic E-state index is 11.1. The second-order valence-electron chi connectivity index (χ2n) is 4.92. The number of aryl methyl sites for hydroxylation is 1. The fraction of sp³-hybridized carbons (Fsp3) is 0.0588. The number of fused-ring (bicyclic) bond motifs is 1. The Bertz CT molecular complexity index is 854. The third-order valence-corrected chi connectivity index (χ3v) is 5.69. The summed E-state index contributed by atoms with van der Waals surface area (Å²) in [4.78, 5) is 0. The van der Waals surface area contributed by atoms with Crippen molar-refractivity contribution in [3.63, 3.8) is 0 Å². The van der Waals surface area contributed by atoms with Crippen molar-refractivity contribution in [3.05, 3.63) is 79.2 Å². The van der Waals surface area contributed by atoms with Crippen molar-refractivity contribution in [2.45, 2.75) is 6.92 Å². The molecule has 0 bridgehead atoms. The molecule has 23 heavy (non-hydrogen) atoms. The molecule has 3 aromatic carbocycles. The van der Waals surface area contributed by atoms with E-state index in [1.54, 1.807) is 6.07 Å². The van der Waals surface area contributed by atoms with E-state index in [1.165, 1.54) is 0 Å². The molecule has 0 aliphatic carbocycles. The number of hydrogen-bond donors (Lipinski definition) is 1. The van der Waals surface area contributed by atoms with Gasteiger partial charge < -0.3 is 0 Å². The van der Waals surface area contributed by atoms with Crippen molar-refractivity contribution < 1.29 is 29.7 Å². The zero-order valence-electron chi connectivity index (χ0n) is 12.2. The van der Waals surface area contributed by atoms with Crippen LogP contribution in [0.1, 0.15) is 5.56 Å². The van der Waals surface area contributed by atoms with E-state index in [-0.39, 0.29) is 0 Å². The first kappa shape index (κ1) is 16.5. The molecule has 6 heteroatoms. The zero-order valence-corrected chi connectivity index (χ0v) is 15.1. The van der Waals surface area contributed by atoms with Gasteiger partial charge in [-0.25, -0.2) is 0 Å². The van der Waals surface area contributed by atoms with Crippen LogP contribution in [0.5, 0.6) is 11.5 Å². The van der Waals surface area contributed by atoms with Crippen LogP contribution in [0.4, 0.5) is 0 Å². The number of quaternary nitrogens is 1. The number of rotatable bonds is 4. The minimum absolute atomic E-state index is 0.468. The predicted molar refractivity (Wildman–Crippen MR) is 86.6 cm³/mol. The van der Waals surface area contributed by atoms with Crippen LogP contribution in [0.2, 0.25) is 5.02 Å². The maximum absolute atomic E-state index is 11.1. The van der Waals surface area contributed by atoms with E-state index in [9.17, 15) is 10.4 Å². The van der Waals surface area contributed by atoms with Crippen LogP contribution < -0.4 is 29.7 Å². The second kappa shape index (κ2) is 7.02. The van der Waals surface area contributed by atoms with Crippen LogP contribution in [0.15, 0.2) is 54.6 Å². The quantitative estimate of drug-likeness (QED) is 0.367. The van der Waals surface area contributed by atoms with Gasteiger partial charge in [0, 0.05) is 0 Å². The predicted octanol–water partition coefficient (Wildman–Crippen LogP) is 0.648. The van der Waals surface area contributed by atoms with Crippen molar-refractivity contribution in [2.75, 3.05) is 0 Å². The molecule has 1 N–H and O–H groups in total. The normalized spacial score (nSPS) is 11.3. The molecule has 0 atom stereocenters. The van der Waals surface area contributed by atoms with Crippen LogP contribution in [0.3, 0.4) is 0 Å². The SMILES string of the molecule is Cc1ccccc1Oc1cc([I-][NH+]([O-])[O-])c2ccccc2c1Cl. The molecular formula is C17H13ClINO3-2. The number of para-hydroxylation sites is 1. The van der Waals surface area contributed by atoms with E-state index in [0.29, 0.717) is 16.5 Å². The number of nitrogens with one attached hydrogen (secondary N) is 1. The van der Waals surface area contributed by atoms with Gasteiger partial charge in [0.1, 0.15) is 0 Å². The first-order valence-corrected chi connectivity index (χ1v) is 9.40. The summed E-state index contributed by atoms with van der Waals surface area (Å²) in [7, 11) is 0. The molecule has 0 spiro atoms. The second-order valence-corrected chi connectivity index (χ2v) is 7.88. The molecule has 0 aromatic heterocycles. The molecule has 0 saturated heterocycles. The Morgan fingerprint density at radius 2 is 1.61 bits per heavy atom. The van der Waals surface area contributed by atoms with Crippen molar-refractivity contribution in [2.24, 2.45) is 0 Å². The van der Waals surface area contributed by atoms with E-state index in [1.807, 2.05) is 55.5 Å². The van der Waals surface area contributed by atoms with Gasteiger partial charge in [0.05, 0.1) is 0 Å². The van der Waals surface area contributed by atoms with E-state index in [2.05, 4.69) is 0 Å². The number of hydrogen-bond acceptors (Lipinski definition) is 3. The molecule has 120 valence electrons. The summed E-state index contributed by atoms with van der Waals surface area (Å²) in [6.07, 6.45) is 0. The zero-order chi connectivity index (χ0) is 16.4. The molecule has 0 unspecified atom stereocenters. The average molecular weight is 442 g/mol. The molecule has 0 saturated carbocycles. The summed E-state index contributed by atoms with van der Waals surface area (Å²) in [6.45, 7) is 1.94. The summed E-state index contributed by atoms with van der Waals surface area (Å²) < 4.78 is 5.64. The molecular weight excluding hydrogens is 429 g/mol. The topological polar surface area (TPSA) is 59.8 Å². The van der Waals surface area contributed by atoms with Gasteiger partial charge in [-0.2, -0.15) is 0 Å². The Morgan fingerprint density at radius 1 is 0.957 bits per heavy atom. The van der Waals surface area contributed by atoms with Gasteiger partial charge in [-0.15, -0.1) is 0 Å². The van der Waals surface area contributed by atoms with Crippen molar-refractivity contribution in [1.29, 1.82) is 0 Å². The van der Waals surface area contributed by atoms with Gasteiger partial charge in [0.25, 0.3) is 0 Å². The molecule has 4 nitrogen and oxygen atoms in total. The summed E-state index contributed by atoms with van der Waals surface area (Å²) in [5.74, 6) is 1.16. The van der Waals surface area contributed by atoms with Gasteiger partial charge in [0.2, 0.25) is 0 Å². The molecule has 0 aliphatic heterocycles. The molecule has 3 aromatic rings. The van der Waals surface area contributed by atoms with Crippen LogP contribution in [0, 0.1) is 20.9 Å². The van der Waals surface area contributed by atoms with Crippen LogP contribution >= 0.6 is 11.6 Å². The summed E-state index contributed by atoms with van der Waals surface area (Å²) >= 11 is 5.19. The Kier molecular flexibility index (Phi) is 5.03. The average Bonchev–Trinajstić information content (AvgIpc) is 2.53. The Hall–Kier alpha value is -1.38. The molecule has 0 aliphatic rings. The molecule has 0 fully saturated rings. The minimum atomic E-state index is -1.28. The number of benzene rings is 3. The van der Waals surface area contributed by atoms with Gasteiger partial charge in [-0.1, -0.05) is 0 Å². The summed E-state index contributed by atoms with van der Waals surface area (Å²) in [5.41, 5.74) is 0.980. The van der Waals surface area contributed by atoms with Crippen molar-refractivity contribution in [1.82, 2.24) is 0 Å². The van der Waals surface area contributed by atoms with Gasteiger partial charge in [0.15, 0.2) is 0 Å². The number of ether oxygens (including phenoxy) is 1. The van der Waals surface area contributed by atoms with Crippen LogP contribution in [-0.2, 0) is 0 Å². The van der Waals surface area contributed by atoms with E-state index >= 15 is 0 Å². The molecule has 0 radical (unpaired) electrons. The van der Waals surface area contributed by atoms with E-state index in [0.717, 1.165) is 19.9 Å². The Morgan fingerprint density at radius 3 is 2.30 bits per heavy atom. The van der Waals surface area contributed by atoms with Crippen LogP contribution in [-0.4, -0.2) is 0 Å². The third kappa shape index (κ3) is 3.59. The van der Waals surface area contributed by atoms with Gasteiger partial charge in [-0.3, -0.25) is 0 Å². The van der Waals surface area contributed by atoms with E-state index < -0.39 is 24.9 Å². The molecule has 0 heterocycles. The Labute approximate surface area is 149 Å². The first-order chi connectivity index (χ1) is 11.1. The third-order valence-electron chi connectivity index (χ3n) is 3.39. The number of halogens is 2. The summed E-state index contributed by atoms with van der Waals surface area (Å²) in [6, 6.07) is 16.8.